The van der Waals surface area contributed by atoms with Crippen molar-refractivity contribution in [3.63, 3.8) is 0 Å². The molecule has 7 atom stereocenters. The topological polar surface area (TPSA) is 55.4 Å². The molecule has 3 fully saturated rings. The van der Waals surface area contributed by atoms with E-state index in [-0.39, 0.29) is 5.25 Å². The Bertz CT molecular complexity index is 506. The van der Waals surface area contributed by atoms with E-state index < -0.39 is 11.1 Å². The second kappa shape index (κ2) is 7.18. The Morgan fingerprint density at radius 3 is 2.58 bits per heavy atom. The number of nitrogens with one attached hydrogen (secondary N) is 1. The Balaban J connectivity index is 1.42. The van der Waals surface area contributed by atoms with Crippen molar-refractivity contribution in [2.45, 2.75) is 87.7 Å². The van der Waals surface area contributed by atoms with Crippen LogP contribution in [0.5, 0.6) is 0 Å². The van der Waals surface area contributed by atoms with Crippen LogP contribution in [0.1, 0.15) is 58.3 Å². The number of nitrogens with zero attached hydrogens (tertiary/aromatic N) is 1. The number of likely N-dealkylation sites (tertiary alicyclic amines) is 1. The molecule has 2 aliphatic carbocycles. The van der Waals surface area contributed by atoms with Gasteiger partial charge >= 0.3 is 0 Å². The van der Waals surface area contributed by atoms with Gasteiger partial charge in [-0.2, -0.15) is 0 Å². The van der Waals surface area contributed by atoms with Crippen LogP contribution < -0.4 is 5.32 Å². The van der Waals surface area contributed by atoms with E-state index in [1.165, 1.54) is 44.9 Å². The molecule has 24 heavy (non-hydrogen) atoms. The third kappa shape index (κ3) is 3.25. The minimum absolute atomic E-state index is 0.286. The van der Waals surface area contributed by atoms with Gasteiger partial charge in [0.15, 0.2) is 0 Å². The maximum absolute atomic E-state index is 11.3. The fourth-order valence-electron chi connectivity index (χ4n) is 5.80. The molecule has 4 nitrogen and oxygen atoms in total. The molecular formula is C19H31N2O2S-. The largest absolute Gasteiger partial charge is 0.772 e. The van der Waals surface area contributed by atoms with E-state index in [0.29, 0.717) is 30.1 Å². The van der Waals surface area contributed by atoms with Crippen molar-refractivity contribution in [1.82, 2.24) is 10.2 Å². The van der Waals surface area contributed by atoms with E-state index in [0.717, 1.165) is 18.9 Å². The zero-order valence-corrected chi connectivity index (χ0v) is 15.5. The molecule has 7 unspecified atom stereocenters. The molecule has 1 saturated carbocycles. The van der Waals surface area contributed by atoms with Gasteiger partial charge in [-0.3, -0.25) is 9.11 Å². The van der Waals surface area contributed by atoms with E-state index in [2.05, 4.69) is 23.2 Å². The van der Waals surface area contributed by atoms with Crippen LogP contribution in [0.25, 0.3) is 0 Å². The second-order valence-corrected chi connectivity index (χ2v) is 9.62. The Morgan fingerprint density at radius 1 is 1.08 bits per heavy atom. The van der Waals surface area contributed by atoms with E-state index >= 15 is 0 Å². The van der Waals surface area contributed by atoms with Crippen LogP contribution in [0.15, 0.2) is 12.2 Å². The molecule has 4 aliphatic rings. The summed E-state index contributed by atoms with van der Waals surface area (Å²) in [5, 5.41) is 3.68. The molecule has 2 heterocycles. The van der Waals surface area contributed by atoms with Crippen molar-refractivity contribution >= 4 is 11.1 Å². The highest BCUT2D eigenvalue weighted by molar-refractivity contribution is 7.80. The van der Waals surface area contributed by atoms with Crippen molar-refractivity contribution < 1.29 is 8.76 Å². The zero-order valence-electron chi connectivity index (χ0n) is 14.7. The first-order valence-corrected chi connectivity index (χ1v) is 11.1. The maximum Gasteiger partial charge on any atom is 0.0399 e. The first-order valence-electron chi connectivity index (χ1n) is 9.91. The summed E-state index contributed by atoms with van der Waals surface area (Å²) in [5.41, 5.74) is 0. The lowest BCUT2D eigenvalue weighted by Gasteiger charge is -2.39. The van der Waals surface area contributed by atoms with Crippen molar-refractivity contribution in [2.75, 3.05) is 6.54 Å². The Morgan fingerprint density at radius 2 is 1.88 bits per heavy atom. The molecule has 136 valence electrons. The lowest BCUT2D eigenvalue weighted by Crippen LogP contribution is -2.46. The van der Waals surface area contributed by atoms with Crippen LogP contribution in [-0.4, -0.2) is 49.6 Å². The average molecular weight is 352 g/mol. The fourth-order valence-corrected chi connectivity index (χ4v) is 6.48. The molecule has 0 amide bonds. The normalized spacial score (nSPS) is 45.4. The van der Waals surface area contributed by atoms with Crippen molar-refractivity contribution in [2.24, 2.45) is 11.8 Å². The monoisotopic (exact) mass is 351 g/mol. The Kier molecular flexibility index (Phi) is 5.14. The van der Waals surface area contributed by atoms with E-state index in [1.807, 2.05) is 6.08 Å². The van der Waals surface area contributed by atoms with Crippen LogP contribution >= 0.6 is 0 Å². The molecule has 2 aliphatic heterocycles. The van der Waals surface area contributed by atoms with Crippen LogP contribution in [0.2, 0.25) is 0 Å². The summed E-state index contributed by atoms with van der Waals surface area (Å²) >= 11 is -1.97. The minimum Gasteiger partial charge on any atom is -0.772 e. The van der Waals surface area contributed by atoms with Gasteiger partial charge in [-0.05, 0) is 55.0 Å². The smallest absolute Gasteiger partial charge is 0.0399 e. The van der Waals surface area contributed by atoms with Gasteiger partial charge in [0, 0.05) is 36.0 Å². The highest BCUT2D eigenvalue weighted by Crippen LogP contribution is 2.39. The lowest BCUT2D eigenvalue weighted by molar-refractivity contribution is 0.152. The van der Waals surface area contributed by atoms with Gasteiger partial charge in [0.2, 0.25) is 0 Å². The predicted molar refractivity (Wildman–Crippen MR) is 96.4 cm³/mol. The Labute approximate surface area is 148 Å². The molecule has 0 aromatic carbocycles. The summed E-state index contributed by atoms with van der Waals surface area (Å²) < 4.78 is 22.5. The van der Waals surface area contributed by atoms with Gasteiger partial charge in [0.05, 0.1) is 0 Å². The molecule has 5 heteroatoms. The summed E-state index contributed by atoms with van der Waals surface area (Å²) in [6, 6.07) is 2.45. The van der Waals surface area contributed by atoms with E-state index in [9.17, 15) is 8.76 Å². The summed E-state index contributed by atoms with van der Waals surface area (Å²) in [6.45, 7) is 3.38. The maximum atomic E-state index is 11.3. The molecule has 0 aromatic heterocycles. The molecule has 0 aromatic rings. The van der Waals surface area contributed by atoms with Gasteiger partial charge in [-0.15, -0.1) is 0 Å². The van der Waals surface area contributed by atoms with Crippen molar-refractivity contribution in [1.29, 1.82) is 0 Å². The van der Waals surface area contributed by atoms with Crippen molar-refractivity contribution in [3.8, 4) is 0 Å². The van der Waals surface area contributed by atoms with Crippen LogP contribution in [-0.2, 0) is 11.1 Å². The molecular weight excluding hydrogens is 320 g/mol. The number of hydrogen-bond acceptors (Lipinski definition) is 4. The van der Waals surface area contributed by atoms with Gasteiger partial charge in [0.1, 0.15) is 0 Å². The standard InChI is InChI=1S/C19H32N2O2S/c1-13-11-15(24(22)23)7-8-18(13)21-10-9-16-19(21)12-17(20-16)14-5-3-2-4-6-14/h7-8,13-20H,2-6,9-12H2,1H3,(H,22,23)/p-1. The average Bonchev–Trinajstić information content (AvgIpc) is 3.16. The summed E-state index contributed by atoms with van der Waals surface area (Å²) in [4.78, 5) is 2.69. The molecule has 2 saturated heterocycles. The molecule has 4 rings (SSSR count). The predicted octanol–water partition coefficient (Wildman–Crippen LogP) is 2.58. The fraction of sp³-hybridized carbons (Fsp3) is 0.895. The van der Waals surface area contributed by atoms with Crippen molar-refractivity contribution in [3.05, 3.63) is 12.2 Å². The SMILES string of the molecule is CC1CC(S(=O)[O-])C=CC1N1CCC2NC(C3CCCCC3)CC21. The van der Waals surface area contributed by atoms with Crippen LogP contribution in [0.4, 0.5) is 0 Å². The molecule has 1 N–H and O–H groups in total. The number of hydrogen-bond donors (Lipinski definition) is 1. The second-order valence-electron chi connectivity index (χ2n) is 8.49. The summed E-state index contributed by atoms with van der Waals surface area (Å²) in [7, 11) is 0. The third-order valence-electron chi connectivity index (χ3n) is 7.07. The van der Waals surface area contributed by atoms with Gasteiger partial charge in [0.25, 0.3) is 0 Å². The molecule has 0 bridgehead atoms. The zero-order chi connectivity index (χ0) is 16.7. The highest BCUT2D eigenvalue weighted by atomic mass is 32.2. The van der Waals surface area contributed by atoms with Gasteiger partial charge in [-0.1, -0.05) is 38.3 Å². The quantitative estimate of drug-likeness (QED) is 0.627. The first kappa shape index (κ1) is 17.2. The number of fused-ring (bicyclic) bond motifs is 1. The highest BCUT2D eigenvalue weighted by Gasteiger charge is 2.46. The lowest BCUT2D eigenvalue weighted by atomic mass is 9.82. The third-order valence-corrected chi connectivity index (χ3v) is 7.92. The van der Waals surface area contributed by atoms with Gasteiger partial charge in [-0.25, -0.2) is 0 Å². The molecule has 0 spiro atoms. The van der Waals surface area contributed by atoms with Gasteiger partial charge < -0.3 is 9.87 Å². The molecule has 0 radical (unpaired) electrons. The van der Waals surface area contributed by atoms with E-state index in [1.54, 1.807) is 0 Å². The van der Waals surface area contributed by atoms with Crippen LogP contribution in [0, 0.1) is 11.8 Å². The minimum atomic E-state index is -1.97. The Hall–Kier alpha value is -0.230. The summed E-state index contributed by atoms with van der Waals surface area (Å²) in [5.74, 6) is 1.31. The first-order chi connectivity index (χ1) is 11.6. The van der Waals surface area contributed by atoms with E-state index in [4.69, 9.17) is 0 Å². The van der Waals surface area contributed by atoms with Crippen LogP contribution in [0.3, 0.4) is 0 Å². The summed E-state index contributed by atoms with van der Waals surface area (Å²) in [6.07, 6.45) is 14.5. The number of rotatable bonds is 3.